The fourth-order valence-corrected chi connectivity index (χ4v) is 2.08. The van der Waals surface area contributed by atoms with Crippen LogP contribution < -0.4 is 0 Å². The SMILES string of the molecule is Cc1cccc(-c2ccccc2C(=O)O)c1C(=O)O.Cl.Cl. The highest BCUT2D eigenvalue weighted by Crippen LogP contribution is 2.29. The van der Waals surface area contributed by atoms with Crippen molar-refractivity contribution in [2.24, 2.45) is 0 Å². The van der Waals surface area contributed by atoms with Crippen molar-refractivity contribution < 1.29 is 19.8 Å². The maximum absolute atomic E-state index is 11.3. The molecule has 0 amide bonds. The van der Waals surface area contributed by atoms with E-state index in [1.165, 1.54) is 6.07 Å². The van der Waals surface area contributed by atoms with E-state index in [0.29, 0.717) is 16.7 Å². The summed E-state index contributed by atoms with van der Waals surface area (Å²) in [6.07, 6.45) is 0. The fourth-order valence-electron chi connectivity index (χ4n) is 2.08. The minimum absolute atomic E-state index is 0. The first-order valence-electron chi connectivity index (χ1n) is 5.68. The summed E-state index contributed by atoms with van der Waals surface area (Å²) in [5.74, 6) is -2.14. The van der Waals surface area contributed by atoms with Crippen LogP contribution >= 0.6 is 24.8 Å². The standard InChI is InChI=1S/C15H12O4.2ClH/c1-9-5-4-8-11(13(9)15(18)19)10-6-2-3-7-12(10)14(16)17;;/h2-8H,1H3,(H,16,17)(H,18,19);2*1H. The number of rotatable bonds is 3. The van der Waals surface area contributed by atoms with Crippen LogP contribution in [-0.2, 0) is 0 Å². The molecule has 0 fully saturated rings. The van der Waals surface area contributed by atoms with Crippen LogP contribution in [0.3, 0.4) is 0 Å². The highest BCUT2D eigenvalue weighted by atomic mass is 35.5. The predicted molar refractivity (Wildman–Crippen MR) is 85.0 cm³/mol. The minimum atomic E-state index is -1.08. The number of aromatic carboxylic acids is 2. The maximum Gasteiger partial charge on any atom is 0.336 e. The second kappa shape index (κ2) is 7.67. The zero-order valence-corrected chi connectivity index (χ0v) is 12.7. The van der Waals surface area contributed by atoms with Gasteiger partial charge in [0.1, 0.15) is 0 Å². The summed E-state index contributed by atoms with van der Waals surface area (Å²) in [5, 5.41) is 18.5. The fraction of sp³-hybridized carbons (Fsp3) is 0.0667. The molecule has 2 aromatic carbocycles. The second-order valence-electron chi connectivity index (χ2n) is 4.15. The maximum atomic E-state index is 11.3. The van der Waals surface area contributed by atoms with Gasteiger partial charge in [0.2, 0.25) is 0 Å². The third-order valence-corrected chi connectivity index (χ3v) is 2.93. The first-order valence-corrected chi connectivity index (χ1v) is 5.68. The third-order valence-electron chi connectivity index (χ3n) is 2.93. The molecule has 0 spiro atoms. The predicted octanol–water partition coefficient (Wildman–Crippen LogP) is 3.90. The van der Waals surface area contributed by atoms with E-state index in [1.54, 1.807) is 43.3 Å². The van der Waals surface area contributed by atoms with Crippen molar-refractivity contribution in [3.63, 3.8) is 0 Å². The van der Waals surface area contributed by atoms with Gasteiger partial charge in [-0.3, -0.25) is 0 Å². The molecule has 0 saturated heterocycles. The second-order valence-corrected chi connectivity index (χ2v) is 4.15. The lowest BCUT2D eigenvalue weighted by atomic mass is 9.93. The molecule has 0 bridgehead atoms. The number of hydrogen-bond donors (Lipinski definition) is 2. The summed E-state index contributed by atoms with van der Waals surface area (Å²) in [6.45, 7) is 1.69. The first kappa shape index (κ1) is 19.0. The Hall–Kier alpha value is -2.04. The van der Waals surface area contributed by atoms with E-state index in [4.69, 9.17) is 0 Å². The van der Waals surface area contributed by atoms with Gasteiger partial charge in [0.25, 0.3) is 0 Å². The molecular weight excluding hydrogens is 315 g/mol. The molecule has 21 heavy (non-hydrogen) atoms. The average molecular weight is 329 g/mol. The van der Waals surface area contributed by atoms with Gasteiger partial charge in [0.15, 0.2) is 0 Å². The van der Waals surface area contributed by atoms with Crippen LogP contribution in [0, 0.1) is 6.92 Å². The molecule has 0 aromatic heterocycles. The van der Waals surface area contributed by atoms with E-state index in [2.05, 4.69) is 0 Å². The van der Waals surface area contributed by atoms with E-state index < -0.39 is 11.9 Å². The van der Waals surface area contributed by atoms with Crippen LogP contribution in [0.2, 0.25) is 0 Å². The van der Waals surface area contributed by atoms with Crippen molar-refractivity contribution in [1.29, 1.82) is 0 Å². The third kappa shape index (κ3) is 3.74. The van der Waals surface area contributed by atoms with Crippen LogP contribution in [0.4, 0.5) is 0 Å². The Labute approximate surface area is 134 Å². The lowest BCUT2D eigenvalue weighted by Crippen LogP contribution is -2.05. The van der Waals surface area contributed by atoms with Gasteiger partial charge in [-0.25, -0.2) is 9.59 Å². The van der Waals surface area contributed by atoms with Gasteiger partial charge in [-0.05, 0) is 29.7 Å². The number of benzene rings is 2. The topological polar surface area (TPSA) is 74.6 Å². The van der Waals surface area contributed by atoms with Crippen LogP contribution in [0.1, 0.15) is 26.3 Å². The summed E-state index contributed by atoms with van der Waals surface area (Å²) in [7, 11) is 0. The van der Waals surface area contributed by atoms with Gasteiger partial charge in [-0.2, -0.15) is 0 Å². The van der Waals surface area contributed by atoms with Crippen LogP contribution in [0.25, 0.3) is 11.1 Å². The molecule has 0 aliphatic rings. The number of aryl methyl sites for hydroxylation is 1. The van der Waals surface area contributed by atoms with Gasteiger partial charge in [-0.1, -0.05) is 36.4 Å². The highest BCUT2D eigenvalue weighted by Gasteiger charge is 2.18. The lowest BCUT2D eigenvalue weighted by Gasteiger charge is -2.11. The van der Waals surface area contributed by atoms with E-state index in [9.17, 15) is 19.8 Å². The molecule has 0 aliphatic carbocycles. The molecule has 112 valence electrons. The smallest absolute Gasteiger partial charge is 0.336 e. The Balaban J connectivity index is 0.00000200. The van der Waals surface area contributed by atoms with E-state index in [0.717, 1.165) is 0 Å². The normalized spacial score (nSPS) is 9.19. The number of halogens is 2. The highest BCUT2D eigenvalue weighted by molar-refractivity contribution is 6.02. The number of carboxylic acid groups (broad SMARTS) is 2. The Morgan fingerprint density at radius 3 is 1.95 bits per heavy atom. The summed E-state index contributed by atoms with van der Waals surface area (Å²) in [4.78, 5) is 22.6. The molecule has 0 radical (unpaired) electrons. The van der Waals surface area contributed by atoms with Crippen LogP contribution in [-0.4, -0.2) is 22.2 Å². The van der Waals surface area contributed by atoms with Crippen molar-refractivity contribution in [3.8, 4) is 11.1 Å². The minimum Gasteiger partial charge on any atom is -0.478 e. The average Bonchev–Trinajstić information content (AvgIpc) is 2.37. The first-order chi connectivity index (χ1) is 9.02. The van der Waals surface area contributed by atoms with Crippen molar-refractivity contribution in [2.45, 2.75) is 6.92 Å². The summed E-state index contributed by atoms with van der Waals surface area (Å²) in [6, 6.07) is 11.4. The van der Waals surface area contributed by atoms with Crippen molar-refractivity contribution in [3.05, 3.63) is 59.2 Å². The molecule has 0 saturated carbocycles. The Kier molecular flexibility index (Phi) is 6.92. The van der Waals surface area contributed by atoms with Crippen molar-refractivity contribution >= 4 is 36.8 Å². The largest absolute Gasteiger partial charge is 0.478 e. The number of carbonyl (C=O) groups is 2. The van der Waals surface area contributed by atoms with E-state index in [1.807, 2.05) is 0 Å². The molecule has 6 heteroatoms. The molecular formula is C15H14Cl2O4. The van der Waals surface area contributed by atoms with Gasteiger partial charge >= 0.3 is 11.9 Å². The number of carboxylic acids is 2. The van der Waals surface area contributed by atoms with E-state index >= 15 is 0 Å². The molecule has 2 N–H and O–H groups in total. The molecule has 2 rings (SSSR count). The molecule has 0 unspecified atom stereocenters. The monoisotopic (exact) mass is 328 g/mol. The molecule has 0 heterocycles. The zero-order valence-electron chi connectivity index (χ0n) is 11.1. The molecule has 0 atom stereocenters. The Bertz CT molecular complexity index is 668. The Morgan fingerprint density at radius 1 is 0.810 bits per heavy atom. The van der Waals surface area contributed by atoms with Crippen LogP contribution in [0.5, 0.6) is 0 Å². The van der Waals surface area contributed by atoms with Gasteiger partial charge < -0.3 is 10.2 Å². The van der Waals surface area contributed by atoms with Gasteiger partial charge in [0, 0.05) is 0 Å². The Morgan fingerprint density at radius 2 is 1.38 bits per heavy atom. The van der Waals surface area contributed by atoms with Crippen LogP contribution in [0.15, 0.2) is 42.5 Å². The summed E-state index contributed by atoms with van der Waals surface area (Å²) >= 11 is 0. The summed E-state index contributed by atoms with van der Waals surface area (Å²) in [5.41, 5.74) is 1.67. The zero-order chi connectivity index (χ0) is 14.0. The molecule has 0 aliphatic heterocycles. The van der Waals surface area contributed by atoms with Gasteiger partial charge in [-0.15, -0.1) is 24.8 Å². The summed E-state index contributed by atoms with van der Waals surface area (Å²) < 4.78 is 0. The van der Waals surface area contributed by atoms with Crippen molar-refractivity contribution in [1.82, 2.24) is 0 Å². The lowest BCUT2D eigenvalue weighted by molar-refractivity contribution is 0.0684. The van der Waals surface area contributed by atoms with Gasteiger partial charge in [0.05, 0.1) is 11.1 Å². The quantitative estimate of drug-likeness (QED) is 0.895. The van der Waals surface area contributed by atoms with E-state index in [-0.39, 0.29) is 35.9 Å². The molecule has 2 aromatic rings. The van der Waals surface area contributed by atoms with Crippen molar-refractivity contribution in [2.75, 3.05) is 0 Å². The molecule has 4 nitrogen and oxygen atoms in total. The number of hydrogen-bond acceptors (Lipinski definition) is 2.